The molecular weight excluding hydrogens is 539 g/mol. The minimum Gasteiger partial charge on any atom is -0.479 e. The molecule has 226 valence electrons. The van der Waals surface area contributed by atoms with Gasteiger partial charge < -0.3 is 35.2 Å². The number of carboxylic acids is 2. The van der Waals surface area contributed by atoms with Crippen molar-refractivity contribution >= 4 is 17.9 Å². The van der Waals surface area contributed by atoms with Gasteiger partial charge >= 0.3 is 11.9 Å². The Labute approximate surface area is 238 Å². The van der Waals surface area contributed by atoms with Crippen LogP contribution in [0.2, 0.25) is 0 Å². The highest BCUT2D eigenvalue weighted by atomic mass is 19.1. The largest absolute Gasteiger partial charge is 0.479 e. The number of hydrogen-bond acceptors (Lipinski definition) is 10. The topological polar surface area (TPSA) is 177 Å². The molecule has 0 amide bonds. The summed E-state index contributed by atoms with van der Waals surface area (Å²) in [5.41, 5.74) is 0.952. The van der Waals surface area contributed by atoms with Gasteiger partial charge in [0.1, 0.15) is 5.82 Å². The standard InChI is InChI=1S/C24H33FN4O2.C4H6O6/c1-3-29(13-14-31-4-2)23-26-12-10-21(27-23)16-28-15-18-9-11-24(30,22(18)17-28)19-5-7-20(25)8-6-19;5-1(3(7)8)2(6)4(9)10/h5-8,10,12,18,22,30H,3-4,9,11,13-17H2,1-2H3;1-2,5-6H,(H,7,8)(H,9,10). The predicted octanol–water partition coefficient (Wildman–Crippen LogP) is 1.09. The second-order valence-electron chi connectivity index (χ2n) is 10.2. The second kappa shape index (κ2) is 14.6. The van der Waals surface area contributed by atoms with Gasteiger partial charge in [-0.3, -0.25) is 4.90 Å². The fourth-order valence-electron chi connectivity index (χ4n) is 5.45. The van der Waals surface area contributed by atoms with Crippen LogP contribution in [0.1, 0.15) is 37.9 Å². The van der Waals surface area contributed by atoms with E-state index in [2.05, 4.69) is 21.7 Å². The number of halogens is 1. The van der Waals surface area contributed by atoms with E-state index in [1.54, 1.807) is 12.1 Å². The number of aromatic nitrogens is 2. The van der Waals surface area contributed by atoms with E-state index in [4.69, 9.17) is 30.1 Å². The predicted molar refractivity (Wildman–Crippen MR) is 145 cm³/mol. The maximum absolute atomic E-state index is 13.4. The van der Waals surface area contributed by atoms with Crippen molar-refractivity contribution < 1.29 is 44.2 Å². The summed E-state index contributed by atoms with van der Waals surface area (Å²) in [4.78, 5) is 33.3. The lowest BCUT2D eigenvalue weighted by Crippen LogP contribution is -2.39. The summed E-state index contributed by atoms with van der Waals surface area (Å²) in [6.45, 7) is 9.58. The Kier molecular flexibility index (Phi) is 11.5. The number of nitrogens with zero attached hydrogens (tertiary/aromatic N) is 4. The van der Waals surface area contributed by atoms with Crippen LogP contribution in [-0.4, -0.2) is 104 Å². The molecule has 2 fully saturated rings. The summed E-state index contributed by atoms with van der Waals surface area (Å²) < 4.78 is 18.8. The normalized spacial score (nSPS) is 23.3. The lowest BCUT2D eigenvalue weighted by atomic mass is 9.82. The van der Waals surface area contributed by atoms with Gasteiger partial charge in [-0.15, -0.1) is 0 Å². The molecule has 5 unspecified atom stereocenters. The molecular formula is C28H39FN4O8. The SMILES string of the molecule is CCOCCN(CC)c1nccc(CN2CC3CCC(O)(c4ccc(F)cc4)C3C2)n1.O=C(O)C(O)C(O)C(=O)O. The van der Waals surface area contributed by atoms with Crippen molar-refractivity contribution in [1.29, 1.82) is 0 Å². The maximum Gasteiger partial charge on any atom is 0.335 e. The van der Waals surface area contributed by atoms with Gasteiger partial charge in [-0.1, -0.05) is 12.1 Å². The summed E-state index contributed by atoms with van der Waals surface area (Å²) in [5.74, 6) is -2.45. The van der Waals surface area contributed by atoms with E-state index in [1.807, 2.05) is 19.2 Å². The minimum atomic E-state index is -2.27. The first-order chi connectivity index (χ1) is 19.5. The number of ether oxygens (including phenoxy) is 1. The molecule has 1 aliphatic heterocycles. The van der Waals surface area contributed by atoms with Gasteiger partial charge in [0.2, 0.25) is 5.95 Å². The molecule has 2 aliphatic rings. The first-order valence-corrected chi connectivity index (χ1v) is 13.7. The summed E-state index contributed by atoms with van der Waals surface area (Å²) >= 11 is 0. The number of fused-ring (bicyclic) bond motifs is 1. The Bertz CT molecular complexity index is 1140. The monoisotopic (exact) mass is 578 g/mol. The second-order valence-corrected chi connectivity index (χ2v) is 10.2. The zero-order chi connectivity index (χ0) is 30.2. The number of rotatable bonds is 12. The van der Waals surface area contributed by atoms with Gasteiger partial charge in [-0.2, -0.15) is 0 Å². The fraction of sp³-hybridized carbons (Fsp3) is 0.571. The minimum absolute atomic E-state index is 0.164. The number of aliphatic carboxylic acids is 2. The van der Waals surface area contributed by atoms with Gasteiger partial charge in [-0.05, 0) is 56.4 Å². The van der Waals surface area contributed by atoms with Crippen molar-refractivity contribution in [2.75, 3.05) is 44.3 Å². The van der Waals surface area contributed by atoms with Gasteiger partial charge in [-0.25, -0.2) is 23.9 Å². The van der Waals surface area contributed by atoms with Crippen LogP contribution in [0.4, 0.5) is 10.3 Å². The van der Waals surface area contributed by atoms with Crippen molar-refractivity contribution in [3.05, 3.63) is 53.6 Å². The molecule has 5 atom stereocenters. The highest BCUT2D eigenvalue weighted by molar-refractivity contribution is 5.83. The smallest absolute Gasteiger partial charge is 0.335 e. The number of carbonyl (C=O) groups is 2. The molecule has 2 heterocycles. The molecule has 4 rings (SSSR count). The molecule has 5 N–H and O–H groups in total. The highest BCUT2D eigenvalue weighted by Gasteiger charge is 2.52. The summed E-state index contributed by atoms with van der Waals surface area (Å²) in [6.07, 6.45) is -0.974. The van der Waals surface area contributed by atoms with Crippen LogP contribution < -0.4 is 4.90 Å². The quantitative estimate of drug-likeness (QED) is 0.227. The average Bonchev–Trinajstić information content (AvgIpc) is 3.50. The molecule has 1 saturated heterocycles. The summed E-state index contributed by atoms with van der Waals surface area (Å²) in [6, 6.07) is 8.33. The number of anilines is 1. The Hall–Kier alpha value is -3.23. The third-order valence-corrected chi connectivity index (χ3v) is 7.64. The number of aliphatic hydroxyl groups is 3. The summed E-state index contributed by atoms with van der Waals surface area (Å²) in [5, 5.41) is 44.0. The Morgan fingerprint density at radius 3 is 2.37 bits per heavy atom. The van der Waals surface area contributed by atoms with Crippen molar-refractivity contribution in [2.45, 2.75) is 51.0 Å². The molecule has 1 aromatic heterocycles. The van der Waals surface area contributed by atoms with E-state index in [0.29, 0.717) is 19.1 Å². The molecule has 41 heavy (non-hydrogen) atoms. The molecule has 12 nitrogen and oxygen atoms in total. The maximum atomic E-state index is 13.4. The number of likely N-dealkylation sites (tertiary alicyclic amines) is 1. The van der Waals surface area contributed by atoms with Crippen molar-refractivity contribution in [3.8, 4) is 0 Å². The number of aliphatic hydroxyl groups excluding tert-OH is 2. The Morgan fingerprint density at radius 2 is 1.78 bits per heavy atom. The van der Waals surface area contributed by atoms with E-state index in [9.17, 15) is 19.1 Å². The van der Waals surface area contributed by atoms with Crippen LogP contribution in [0, 0.1) is 17.7 Å². The highest BCUT2D eigenvalue weighted by Crippen LogP contribution is 2.50. The molecule has 1 aromatic carbocycles. The van der Waals surface area contributed by atoms with Gasteiger partial charge in [0.25, 0.3) is 0 Å². The number of benzene rings is 1. The molecule has 0 spiro atoms. The zero-order valence-electron chi connectivity index (χ0n) is 23.3. The molecule has 2 aromatic rings. The average molecular weight is 579 g/mol. The molecule has 0 radical (unpaired) electrons. The van der Waals surface area contributed by atoms with Crippen molar-refractivity contribution in [2.24, 2.45) is 11.8 Å². The Morgan fingerprint density at radius 1 is 1.12 bits per heavy atom. The zero-order valence-corrected chi connectivity index (χ0v) is 23.3. The first kappa shape index (κ1) is 32.3. The van der Waals surface area contributed by atoms with Gasteiger partial charge in [0.15, 0.2) is 12.2 Å². The van der Waals surface area contributed by atoms with Crippen molar-refractivity contribution in [1.82, 2.24) is 14.9 Å². The van der Waals surface area contributed by atoms with E-state index in [-0.39, 0.29) is 11.7 Å². The first-order valence-electron chi connectivity index (χ1n) is 13.7. The third-order valence-electron chi connectivity index (χ3n) is 7.64. The van der Waals surface area contributed by atoms with Crippen molar-refractivity contribution in [3.63, 3.8) is 0 Å². The van der Waals surface area contributed by atoms with E-state index in [0.717, 1.165) is 62.8 Å². The van der Waals surface area contributed by atoms with Crippen LogP contribution in [0.5, 0.6) is 0 Å². The number of hydrogen-bond donors (Lipinski definition) is 5. The fourth-order valence-corrected chi connectivity index (χ4v) is 5.45. The molecule has 1 saturated carbocycles. The lowest BCUT2D eigenvalue weighted by molar-refractivity contribution is -0.165. The van der Waals surface area contributed by atoms with Crippen LogP contribution in [0.3, 0.4) is 0 Å². The Balaban J connectivity index is 0.000000397. The summed E-state index contributed by atoms with van der Waals surface area (Å²) in [7, 11) is 0. The van der Waals surface area contributed by atoms with E-state index < -0.39 is 29.7 Å². The van der Waals surface area contributed by atoms with Crippen LogP contribution in [0.15, 0.2) is 36.5 Å². The lowest BCUT2D eigenvalue weighted by Gasteiger charge is -2.31. The molecule has 13 heteroatoms. The van der Waals surface area contributed by atoms with E-state index in [1.165, 1.54) is 12.1 Å². The van der Waals surface area contributed by atoms with Gasteiger partial charge in [0.05, 0.1) is 17.9 Å². The van der Waals surface area contributed by atoms with Crippen LogP contribution in [-0.2, 0) is 26.5 Å². The van der Waals surface area contributed by atoms with E-state index >= 15 is 0 Å². The van der Waals surface area contributed by atoms with Crippen LogP contribution >= 0.6 is 0 Å². The number of carboxylic acid groups (broad SMARTS) is 2. The molecule has 0 bridgehead atoms. The van der Waals surface area contributed by atoms with Crippen LogP contribution in [0.25, 0.3) is 0 Å². The van der Waals surface area contributed by atoms with Gasteiger partial charge in [0, 0.05) is 51.4 Å². The molecule has 1 aliphatic carbocycles. The third kappa shape index (κ3) is 8.17. The number of likely N-dealkylation sites (N-methyl/N-ethyl adjacent to an activating group) is 1.